The van der Waals surface area contributed by atoms with Gasteiger partial charge < -0.3 is 10.5 Å². The molecule has 2 rings (SSSR count). The molecular weight excluding hydrogens is 272 g/mol. The summed E-state index contributed by atoms with van der Waals surface area (Å²) in [5, 5.41) is 9.71. The first kappa shape index (κ1) is 14.4. The molecule has 2 aromatic rings. The van der Waals surface area contributed by atoms with Gasteiger partial charge in [0.25, 0.3) is 0 Å². The molecule has 0 amide bonds. The fourth-order valence-corrected chi connectivity index (χ4v) is 2.23. The molecule has 0 bridgehead atoms. The van der Waals surface area contributed by atoms with E-state index in [0.29, 0.717) is 30.2 Å². The lowest BCUT2D eigenvalue weighted by Crippen LogP contribution is -2.06. The smallest absolute Gasteiger partial charge is 0.124 e. The zero-order valence-corrected chi connectivity index (χ0v) is 11.7. The van der Waals surface area contributed by atoms with E-state index in [1.165, 1.54) is 0 Å². The predicted octanol–water partition coefficient (Wildman–Crippen LogP) is 3.29. The maximum absolute atomic E-state index is 9.06. The maximum atomic E-state index is 9.06. The first-order valence-electron chi connectivity index (χ1n) is 6.34. The summed E-state index contributed by atoms with van der Waals surface area (Å²) in [6.45, 7) is 0.844. The van der Waals surface area contributed by atoms with Crippen LogP contribution in [0.5, 0.6) is 5.75 Å². The zero-order chi connectivity index (χ0) is 14.4. The van der Waals surface area contributed by atoms with E-state index in [9.17, 15) is 0 Å². The molecule has 0 radical (unpaired) electrons. The minimum atomic E-state index is 0.335. The first-order chi connectivity index (χ1) is 9.76. The number of hydrogen-bond acceptors (Lipinski definition) is 3. The Morgan fingerprint density at radius 2 is 1.95 bits per heavy atom. The lowest BCUT2D eigenvalue weighted by Gasteiger charge is -2.13. The molecule has 2 aromatic carbocycles. The molecule has 0 unspecified atom stereocenters. The van der Waals surface area contributed by atoms with Crippen LogP contribution in [0.3, 0.4) is 0 Å². The number of rotatable bonds is 5. The second-order valence-corrected chi connectivity index (χ2v) is 4.72. The number of nitriles is 1. The third kappa shape index (κ3) is 3.30. The second-order valence-electron chi connectivity index (χ2n) is 4.31. The standard InChI is InChI=1S/C16H15ClN2O/c17-15-6-3-7-16(14(15)8-9-18)20-11-13-5-2-1-4-12(13)10-19/h1-7H,8-9,11,18H2. The van der Waals surface area contributed by atoms with Crippen LogP contribution < -0.4 is 10.5 Å². The van der Waals surface area contributed by atoms with Gasteiger partial charge in [-0.25, -0.2) is 0 Å². The van der Waals surface area contributed by atoms with E-state index in [2.05, 4.69) is 6.07 Å². The molecule has 0 saturated heterocycles. The number of ether oxygens (including phenoxy) is 1. The summed E-state index contributed by atoms with van der Waals surface area (Å²) in [6.07, 6.45) is 0.662. The topological polar surface area (TPSA) is 59.0 Å². The molecular formula is C16H15ClN2O. The number of nitrogens with zero attached hydrogens (tertiary/aromatic N) is 1. The molecule has 0 heterocycles. The Balaban J connectivity index is 2.19. The van der Waals surface area contributed by atoms with Crippen molar-refractivity contribution in [3.05, 3.63) is 64.2 Å². The highest BCUT2D eigenvalue weighted by Gasteiger charge is 2.08. The Labute approximate surface area is 123 Å². The molecule has 4 heteroatoms. The molecule has 0 aromatic heterocycles. The van der Waals surface area contributed by atoms with E-state index in [1.54, 1.807) is 6.07 Å². The number of nitrogens with two attached hydrogens (primary N) is 1. The quantitative estimate of drug-likeness (QED) is 0.917. The van der Waals surface area contributed by atoms with E-state index >= 15 is 0 Å². The van der Waals surface area contributed by atoms with Gasteiger partial charge in [0.1, 0.15) is 12.4 Å². The van der Waals surface area contributed by atoms with Crippen LogP contribution in [0, 0.1) is 11.3 Å². The number of benzene rings is 2. The van der Waals surface area contributed by atoms with Gasteiger partial charge in [0.15, 0.2) is 0 Å². The Bertz CT molecular complexity index is 635. The highest BCUT2D eigenvalue weighted by atomic mass is 35.5. The average Bonchev–Trinajstić information content (AvgIpc) is 2.48. The second kappa shape index (κ2) is 6.95. The summed E-state index contributed by atoms with van der Waals surface area (Å²) in [6, 6.07) is 15.1. The number of hydrogen-bond donors (Lipinski definition) is 1. The summed E-state index contributed by atoms with van der Waals surface area (Å²) >= 11 is 6.16. The maximum Gasteiger partial charge on any atom is 0.124 e. The van der Waals surface area contributed by atoms with Crippen molar-refractivity contribution in [3.63, 3.8) is 0 Å². The fraction of sp³-hybridized carbons (Fsp3) is 0.188. The minimum absolute atomic E-state index is 0.335. The van der Waals surface area contributed by atoms with Crippen molar-refractivity contribution in [3.8, 4) is 11.8 Å². The molecule has 102 valence electrons. The van der Waals surface area contributed by atoms with Gasteiger partial charge in [0.05, 0.1) is 11.6 Å². The van der Waals surface area contributed by atoms with Crippen LogP contribution in [-0.2, 0) is 13.0 Å². The Morgan fingerprint density at radius 3 is 2.70 bits per heavy atom. The van der Waals surface area contributed by atoms with Gasteiger partial charge in [-0.2, -0.15) is 5.26 Å². The Morgan fingerprint density at radius 1 is 1.15 bits per heavy atom. The molecule has 0 aliphatic heterocycles. The molecule has 0 saturated carbocycles. The van der Waals surface area contributed by atoms with Crippen molar-refractivity contribution in [2.24, 2.45) is 5.73 Å². The van der Waals surface area contributed by atoms with Crippen molar-refractivity contribution in [2.75, 3.05) is 6.54 Å². The van der Waals surface area contributed by atoms with Gasteiger partial charge in [-0.1, -0.05) is 35.9 Å². The number of halogens is 1. The van der Waals surface area contributed by atoms with Crippen LogP contribution >= 0.6 is 11.6 Å². The molecule has 3 nitrogen and oxygen atoms in total. The van der Waals surface area contributed by atoms with Crippen molar-refractivity contribution >= 4 is 11.6 Å². The van der Waals surface area contributed by atoms with Crippen LogP contribution in [0.15, 0.2) is 42.5 Å². The SMILES string of the molecule is N#Cc1ccccc1COc1cccc(Cl)c1CCN. The fourth-order valence-electron chi connectivity index (χ4n) is 1.97. The largest absolute Gasteiger partial charge is 0.489 e. The van der Waals surface area contributed by atoms with Crippen LogP contribution in [0.25, 0.3) is 0 Å². The molecule has 2 N–H and O–H groups in total. The van der Waals surface area contributed by atoms with Crippen molar-refractivity contribution in [1.82, 2.24) is 0 Å². The van der Waals surface area contributed by atoms with Crippen LogP contribution in [-0.4, -0.2) is 6.54 Å². The van der Waals surface area contributed by atoms with Crippen LogP contribution in [0.1, 0.15) is 16.7 Å². The summed E-state index contributed by atoms with van der Waals surface area (Å²) in [5.41, 5.74) is 7.98. The van der Waals surface area contributed by atoms with E-state index in [0.717, 1.165) is 16.9 Å². The molecule has 0 aliphatic rings. The average molecular weight is 287 g/mol. The first-order valence-corrected chi connectivity index (χ1v) is 6.72. The van der Waals surface area contributed by atoms with Gasteiger partial charge in [-0.15, -0.1) is 0 Å². The van der Waals surface area contributed by atoms with Crippen LogP contribution in [0.2, 0.25) is 5.02 Å². The highest BCUT2D eigenvalue weighted by Crippen LogP contribution is 2.27. The predicted molar refractivity (Wildman–Crippen MR) is 79.7 cm³/mol. The van der Waals surface area contributed by atoms with Crippen LogP contribution in [0.4, 0.5) is 0 Å². The van der Waals surface area contributed by atoms with Gasteiger partial charge in [-0.3, -0.25) is 0 Å². The van der Waals surface area contributed by atoms with Crippen molar-refractivity contribution in [1.29, 1.82) is 5.26 Å². The van der Waals surface area contributed by atoms with Crippen molar-refractivity contribution in [2.45, 2.75) is 13.0 Å². The highest BCUT2D eigenvalue weighted by molar-refractivity contribution is 6.31. The molecule has 0 atom stereocenters. The van der Waals surface area contributed by atoms with Gasteiger partial charge in [0, 0.05) is 16.1 Å². The van der Waals surface area contributed by atoms with E-state index in [1.807, 2.05) is 36.4 Å². The lowest BCUT2D eigenvalue weighted by molar-refractivity contribution is 0.302. The monoisotopic (exact) mass is 286 g/mol. The molecule has 0 aliphatic carbocycles. The van der Waals surface area contributed by atoms with Crippen molar-refractivity contribution < 1.29 is 4.74 Å². The summed E-state index contributed by atoms with van der Waals surface area (Å²) in [7, 11) is 0. The third-order valence-corrected chi connectivity index (χ3v) is 3.35. The van der Waals surface area contributed by atoms with Gasteiger partial charge >= 0.3 is 0 Å². The normalized spacial score (nSPS) is 10.1. The Kier molecular flexibility index (Phi) is 5.00. The minimum Gasteiger partial charge on any atom is -0.489 e. The van der Waals surface area contributed by atoms with E-state index in [-0.39, 0.29) is 0 Å². The van der Waals surface area contributed by atoms with E-state index < -0.39 is 0 Å². The van der Waals surface area contributed by atoms with Gasteiger partial charge in [-0.05, 0) is 31.2 Å². The van der Waals surface area contributed by atoms with Gasteiger partial charge in [0.2, 0.25) is 0 Å². The molecule has 0 spiro atoms. The Hall–Kier alpha value is -2.02. The van der Waals surface area contributed by atoms with E-state index in [4.69, 9.17) is 27.3 Å². The lowest BCUT2D eigenvalue weighted by atomic mass is 10.1. The summed E-state index contributed by atoms with van der Waals surface area (Å²) in [5.74, 6) is 0.718. The molecule has 20 heavy (non-hydrogen) atoms. The zero-order valence-electron chi connectivity index (χ0n) is 11.0. The molecule has 0 fully saturated rings. The summed E-state index contributed by atoms with van der Waals surface area (Å²) < 4.78 is 5.81. The third-order valence-electron chi connectivity index (χ3n) is 2.99. The summed E-state index contributed by atoms with van der Waals surface area (Å²) in [4.78, 5) is 0.